The van der Waals surface area contributed by atoms with Crippen LogP contribution in [0.15, 0.2) is 41.2 Å². The first-order valence-electron chi connectivity index (χ1n) is 8.47. The monoisotopic (exact) mass is 339 g/mol. The third-order valence-corrected chi connectivity index (χ3v) is 3.97. The summed E-state index contributed by atoms with van der Waals surface area (Å²) in [4.78, 5) is 27.4. The molecular formula is C19H21N3O3. The summed E-state index contributed by atoms with van der Waals surface area (Å²) in [6, 6.07) is 11.2. The number of benzene rings is 1. The number of nitrogens with one attached hydrogen (secondary N) is 1. The number of rotatable bonds is 6. The van der Waals surface area contributed by atoms with E-state index in [2.05, 4.69) is 17.0 Å². The molecule has 2 heterocycles. The Balaban J connectivity index is 2.00. The van der Waals surface area contributed by atoms with Gasteiger partial charge in [0.25, 0.3) is 5.56 Å². The number of H-pyrrole nitrogens is 1. The lowest BCUT2D eigenvalue weighted by atomic mass is 10.1. The van der Waals surface area contributed by atoms with Crippen molar-refractivity contribution in [1.82, 2.24) is 14.8 Å². The second kappa shape index (κ2) is 7.34. The number of nitrogens with zero attached hydrogens (tertiary/aromatic N) is 2. The van der Waals surface area contributed by atoms with Crippen LogP contribution in [0, 0.1) is 0 Å². The van der Waals surface area contributed by atoms with Crippen molar-refractivity contribution in [2.75, 3.05) is 6.61 Å². The average molecular weight is 339 g/mol. The lowest BCUT2D eigenvalue weighted by Crippen LogP contribution is -2.19. The Morgan fingerprint density at radius 1 is 1.24 bits per heavy atom. The largest absolute Gasteiger partial charge is 0.461 e. The minimum atomic E-state index is -0.422. The number of aromatic amines is 1. The molecule has 0 spiro atoms. The van der Waals surface area contributed by atoms with Crippen molar-refractivity contribution >= 4 is 16.9 Å². The molecule has 0 saturated carbocycles. The SMILES string of the molecule is CCCc1cc(C(=O)OCC)n(Cc2cc3ccccc3[nH]c2=O)n1. The molecule has 130 valence electrons. The van der Waals surface area contributed by atoms with Crippen molar-refractivity contribution in [2.45, 2.75) is 33.2 Å². The van der Waals surface area contributed by atoms with Crippen LogP contribution in [0.3, 0.4) is 0 Å². The highest BCUT2D eigenvalue weighted by molar-refractivity contribution is 5.87. The van der Waals surface area contributed by atoms with Crippen molar-refractivity contribution in [3.8, 4) is 0 Å². The fourth-order valence-electron chi connectivity index (χ4n) is 2.81. The first-order valence-corrected chi connectivity index (χ1v) is 8.47. The molecule has 0 saturated heterocycles. The summed E-state index contributed by atoms with van der Waals surface area (Å²) in [5, 5.41) is 5.42. The third-order valence-electron chi connectivity index (χ3n) is 3.97. The number of hydrogen-bond donors (Lipinski definition) is 1. The van der Waals surface area contributed by atoms with Crippen LogP contribution in [-0.2, 0) is 17.7 Å². The molecule has 6 nitrogen and oxygen atoms in total. The standard InChI is InChI=1S/C19H21N3O3/c1-3-7-15-11-17(19(24)25-4-2)22(21-15)12-14-10-13-8-5-6-9-16(13)20-18(14)23/h5-6,8-11H,3-4,7,12H2,1-2H3,(H,20,23). The zero-order valence-electron chi connectivity index (χ0n) is 14.4. The minimum Gasteiger partial charge on any atom is -0.461 e. The molecule has 0 aliphatic carbocycles. The maximum atomic E-state index is 12.4. The molecule has 25 heavy (non-hydrogen) atoms. The number of ether oxygens (including phenoxy) is 1. The molecule has 1 aromatic carbocycles. The van der Waals surface area contributed by atoms with Crippen LogP contribution in [0.4, 0.5) is 0 Å². The quantitative estimate of drug-likeness (QED) is 0.701. The smallest absolute Gasteiger partial charge is 0.356 e. The number of aromatic nitrogens is 3. The average Bonchev–Trinajstić information content (AvgIpc) is 2.99. The van der Waals surface area contributed by atoms with E-state index in [1.165, 1.54) is 0 Å². The second-order valence-electron chi connectivity index (χ2n) is 5.86. The van der Waals surface area contributed by atoms with E-state index in [1.54, 1.807) is 17.7 Å². The summed E-state index contributed by atoms with van der Waals surface area (Å²) in [5.41, 5.74) is 2.35. The van der Waals surface area contributed by atoms with E-state index < -0.39 is 5.97 Å². The zero-order valence-corrected chi connectivity index (χ0v) is 14.4. The summed E-state index contributed by atoms with van der Waals surface area (Å²) < 4.78 is 6.67. The van der Waals surface area contributed by atoms with Gasteiger partial charge in [-0.2, -0.15) is 5.10 Å². The molecular weight excluding hydrogens is 318 g/mol. The van der Waals surface area contributed by atoms with E-state index in [4.69, 9.17) is 4.74 Å². The maximum Gasteiger partial charge on any atom is 0.356 e. The molecule has 0 bridgehead atoms. The summed E-state index contributed by atoms with van der Waals surface area (Å²) >= 11 is 0. The van der Waals surface area contributed by atoms with Gasteiger partial charge < -0.3 is 9.72 Å². The highest BCUT2D eigenvalue weighted by atomic mass is 16.5. The van der Waals surface area contributed by atoms with E-state index >= 15 is 0 Å². The van der Waals surface area contributed by atoms with E-state index in [0.29, 0.717) is 17.9 Å². The van der Waals surface area contributed by atoms with Crippen molar-refractivity contribution in [3.63, 3.8) is 0 Å². The number of fused-ring (bicyclic) bond motifs is 1. The maximum absolute atomic E-state index is 12.4. The predicted molar refractivity (Wildman–Crippen MR) is 95.8 cm³/mol. The van der Waals surface area contributed by atoms with E-state index in [-0.39, 0.29) is 12.1 Å². The number of carbonyl (C=O) groups is 1. The van der Waals surface area contributed by atoms with Gasteiger partial charge in [-0.15, -0.1) is 0 Å². The van der Waals surface area contributed by atoms with Crippen LogP contribution in [0.1, 0.15) is 42.0 Å². The Kier molecular flexibility index (Phi) is 4.97. The van der Waals surface area contributed by atoms with Crippen LogP contribution < -0.4 is 5.56 Å². The summed E-state index contributed by atoms with van der Waals surface area (Å²) in [7, 11) is 0. The normalized spacial score (nSPS) is 11.0. The van der Waals surface area contributed by atoms with Gasteiger partial charge in [-0.25, -0.2) is 4.79 Å². The number of aryl methyl sites for hydroxylation is 1. The molecule has 0 aliphatic rings. The van der Waals surface area contributed by atoms with Gasteiger partial charge in [-0.1, -0.05) is 31.5 Å². The predicted octanol–water partition coefficient (Wildman–Crippen LogP) is 2.90. The molecule has 0 radical (unpaired) electrons. The zero-order chi connectivity index (χ0) is 17.8. The van der Waals surface area contributed by atoms with Gasteiger partial charge in [0.2, 0.25) is 0 Å². The number of esters is 1. The van der Waals surface area contributed by atoms with Gasteiger partial charge in [0.05, 0.1) is 18.8 Å². The van der Waals surface area contributed by atoms with Gasteiger partial charge in [-0.05, 0) is 36.9 Å². The summed E-state index contributed by atoms with van der Waals surface area (Å²) in [6.07, 6.45) is 1.70. The van der Waals surface area contributed by atoms with Crippen LogP contribution in [0.25, 0.3) is 10.9 Å². The first-order chi connectivity index (χ1) is 12.1. The number of pyridine rings is 1. The first kappa shape index (κ1) is 17.0. The number of hydrogen-bond acceptors (Lipinski definition) is 4. The van der Waals surface area contributed by atoms with Crippen molar-refractivity contribution in [1.29, 1.82) is 0 Å². The molecule has 0 unspecified atom stereocenters. The molecule has 6 heteroatoms. The van der Waals surface area contributed by atoms with E-state index in [1.807, 2.05) is 30.3 Å². The second-order valence-corrected chi connectivity index (χ2v) is 5.86. The minimum absolute atomic E-state index is 0.180. The van der Waals surface area contributed by atoms with Gasteiger partial charge >= 0.3 is 5.97 Å². The van der Waals surface area contributed by atoms with Crippen molar-refractivity contribution in [2.24, 2.45) is 0 Å². The number of para-hydroxylation sites is 1. The summed E-state index contributed by atoms with van der Waals surface area (Å²) in [6.45, 7) is 4.33. The highest BCUT2D eigenvalue weighted by Gasteiger charge is 2.17. The lowest BCUT2D eigenvalue weighted by Gasteiger charge is -2.07. The van der Waals surface area contributed by atoms with Crippen LogP contribution in [-0.4, -0.2) is 27.3 Å². The third kappa shape index (κ3) is 3.63. The number of carbonyl (C=O) groups excluding carboxylic acids is 1. The molecule has 1 N–H and O–H groups in total. The topological polar surface area (TPSA) is 77.0 Å². The molecule has 3 rings (SSSR count). The van der Waals surface area contributed by atoms with Gasteiger partial charge in [0.15, 0.2) is 0 Å². The van der Waals surface area contributed by atoms with Crippen molar-refractivity contribution in [3.05, 3.63) is 63.7 Å². The van der Waals surface area contributed by atoms with Crippen molar-refractivity contribution < 1.29 is 9.53 Å². The Morgan fingerprint density at radius 2 is 2.04 bits per heavy atom. The Bertz CT molecular complexity index is 956. The van der Waals surface area contributed by atoms with Crippen LogP contribution >= 0.6 is 0 Å². The highest BCUT2D eigenvalue weighted by Crippen LogP contribution is 2.14. The molecule has 0 amide bonds. The molecule has 2 aromatic heterocycles. The van der Waals surface area contributed by atoms with Gasteiger partial charge in [-0.3, -0.25) is 9.48 Å². The summed E-state index contributed by atoms with van der Waals surface area (Å²) in [5.74, 6) is -0.422. The fraction of sp³-hybridized carbons (Fsp3) is 0.316. The molecule has 0 aliphatic heterocycles. The molecule has 0 atom stereocenters. The van der Waals surface area contributed by atoms with E-state index in [9.17, 15) is 9.59 Å². The Morgan fingerprint density at radius 3 is 2.80 bits per heavy atom. The lowest BCUT2D eigenvalue weighted by molar-refractivity contribution is 0.0512. The van der Waals surface area contributed by atoms with E-state index in [0.717, 1.165) is 29.4 Å². The van der Waals surface area contributed by atoms with Crippen LogP contribution in [0.2, 0.25) is 0 Å². The van der Waals surface area contributed by atoms with Gasteiger partial charge in [0.1, 0.15) is 5.69 Å². The molecule has 0 fully saturated rings. The van der Waals surface area contributed by atoms with Crippen LogP contribution in [0.5, 0.6) is 0 Å². The molecule has 3 aromatic rings. The fourth-order valence-corrected chi connectivity index (χ4v) is 2.81. The Hall–Kier alpha value is -2.89. The Labute approximate surface area is 145 Å². The van der Waals surface area contributed by atoms with Gasteiger partial charge in [0, 0.05) is 11.1 Å².